The van der Waals surface area contributed by atoms with Crippen LogP contribution in [0.3, 0.4) is 0 Å². The second-order valence-corrected chi connectivity index (χ2v) is 5.05. The van der Waals surface area contributed by atoms with Crippen molar-refractivity contribution in [1.82, 2.24) is 15.3 Å². The molecule has 1 fully saturated rings. The monoisotopic (exact) mass is 264 g/mol. The summed E-state index contributed by atoms with van der Waals surface area (Å²) in [6.45, 7) is 7.97. The van der Waals surface area contributed by atoms with Gasteiger partial charge in [-0.25, -0.2) is 9.97 Å². The molecule has 1 atom stereocenters. The minimum Gasteiger partial charge on any atom is -0.380 e. The number of aromatic nitrogens is 2. The lowest BCUT2D eigenvalue weighted by Gasteiger charge is -2.17. The zero-order valence-electron chi connectivity index (χ0n) is 12.1. The topological polar surface area (TPSA) is 50.3 Å². The third-order valence-electron chi connectivity index (χ3n) is 3.57. The summed E-state index contributed by atoms with van der Waals surface area (Å²) in [4.78, 5) is 11.3. The molecule has 0 aromatic carbocycles. The van der Waals surface area contributed by atoms with E-state index in [9.17, 15) is 0 Å². The van der Waals surface area contributed by atoms with Crippen molar-refractivity contribution in [2.45, 2.75) is 39.3 Å². The van der Waals surface area contributed by atoms with Gasteiger partial charge in [-0.1, -0.05) is 6.92 Å². The van der Waals surface area contributed by atoms with Crippen molar-refractivity contribution >= 4 is 5.95 Å². The van der Waals surface area contributed by atoms with E-state index in [0.717, 1.165) is 50.7 Å². The lowest BCUT2D eigenvalue weighted by atomic mass is 10.2. The van der Waals surface area contributed by atoms with Gasteiger partial charge in [0, 0.05) is 44.2 Å². The van der Waals surface area contributed by atoms with Crippen LogP contribution in [0, 0.1) is 6.92 Å². The predicted octanol–water partition coefficient (Wildman–Crippen LogP) is 1.51. The van der Waals surface area contributed by atoms with E-state index in [0.29, 0.717) is 6.10 Å². The SMILES string of the molecule is CCCNCc1cnc(N2CCC(OC)C2)nc1C. The van der Waals surface area contributed by atoms with E-state index in [1.807, 2.05) is 6.20 Å². The van der Waals surface area contributed by atoms with Crippen LogP contribution >= 0.6 is 0 Å². The first kappa shape index (κ1) is 14.2. The van der Waals surface area contributed by atoms with Crippen LogP contribution in [-0.2, 0) is 11.3 Å². The van der Waals surface area contributed by atoms with Crippen molar-refractivity contribution < 1.29 is 4.74 Å². The molecule has 5 heteroatoms. The van der Waals surface area contributed by atoms with Gasteiger partial charge < -0.3 is 15.0 Å². The molecule has 0 amide bonds. The molecule has 0 aliphatic carbocycles. The Labute approximate surface area is 115 Å². The van der Waals surface area contributed by atoms with Crippen molar-refractivity contribution in [2.24, 2.45) is 0 Å². The molecule has 1 N–H and O–H groups in total. The number of nitrogens with one attached hydrogen (secondary N) is 1. The van der Waals surface area contributed by atoms with Gasteiger partial charge in [0.25, 0.3) is 0 Å². The van der Waals surface area contributed by atoms with Gasteiger partial charge in [0.05, 0.1) is 6.10 Å². The van der Waals surface area contributed by atoms with Gasteiger partial charge in [-0.3, -0.25) is 0 Å². The average Bonchev–Trinajstić information content (AvgIpc) is 2.89. The van der Waals surface area contributed by atoms with Gasteiger partial charge in [-0.15, -0.1) is 0 Å². The third kappa shape index (κ3) is 3.64. The van der Waals surface area contributed by atoms with Crippen molar-refractivity contribution in [3.63, 3.8) is 0 Å². The maximum absolute atomic E-state index is 5.38. The van der Waals surface area contributed by atoms with E-state index in [1.165, 1.54) is 5.56 Å². The maximum atomic E-state index is 5.38. The Hall–Kier alpha value is -1.20. The summed E-state index contributed by atoms with van der Waals surface area (Å²) < 4.78 is 5.38. The molecule has 0 radical (unpaired) electrons. The summed E-state index contributed by atoms with van der Waals surface area (Å²) in [6.07, 6.45) is 4.46. The number of methoxy groups -OCH3 is 1. The molecule has 0 bridgehead atoms. The molecular weight excluding hydrogens is 240 g/mol. The number of hydrogen-bond acceptors (Lipinski definition) is 5. The molecule has 2 heterocycles. The number of rotatable bonds is 6. The summed E-state index contributed by atoms with van der Waals surface area (Å²) in [5.74, 6) is 0.830. The highest BCUT2D eigenvalue weighted by Crippen LogP contribution is 2.18. The zero-order chi connectivity index (χ0) is 13.7. The highest BCUT2D eigenvalue weighted by Gasteiger charge is 2.24. The van der Waals surface area contributed by atoms with E-state index < -0.39 is 0 Å². The molecule has 5 nitrogen and oxygen atoms in total. The van der Waals surface area contributed by atoms with E-state index in [1.54, 1.807) is 7.11 Å². The molecule has 0 spiro atoms. The largest absolute Gasteiger partial charge is 0.380 e. The van der Waals surface area contributed by atoms with Crippen molar-refractivity contribution in [2.75, 3.05) is 31.6 Å². The highest BCUT2D eigenvalue weighted by molar-refractivity contribution is 5.34. The minimum absolute atomic E-state index is 0.315. The lowest BCUT2D eigenvalue weighted by molar-refractivity contribution is 0.121. The second-order valence-electron chi connectivity index (χ2n) is 5.05. The molecular formula is C14H24N4O. The first-order valence-corrected chi connectivity index (χ1v) is 7.05. The van der Waals surface area contributed by atoms with Gasteiger partial charge in [0.2, 0.25) is 5.95 Å². The summed E-state index contributed by atoms with van der Waals surface area (Å²) in [5.41, 5.74) is 2.24. The smallest absolute Gasteiger partial charge is 0.225 e. The van der Waals surface area contributed by atoms with Crippen molar-refractivity contribution in [3.8, 4) is 0 Å². The molecule has 1 saturated heterocycles. The van der Waals surface area contributed by atoms with Crippen LogP contribution in [0.25, 0.3) is 0 Å². The van der Waals surface area contributed by atoms with Gasteiger partial charge in [0.15, 0.2) is 0 Å². The lowest BCUT2D eigenvalue weighted by Crippen LogP contribution is -2.25. The normalized spacial score (nSPS) is 19.1. The predicted molar refractivity (Wildman–Crippen MR) is 76.4 cm³/mol. The van der Waals surface area contributed by atoms with Crippen LogP contribution in [0.15, 0.2) is 6.20 Å². The zero-order valence-corrected chi connectivity index (χ0v) is 12.1. The van der Waals surface area contributed by atoms with Gasteiger partial charge in [-0.05, 0) is 26.3 Å². The van der Waals surface area contributed by atoms with Crippen molar-refractivity contribution in [3.05, 3.63) is 17.5 Å². The minimum atomic E-state index is 0.315. The second kappa shape index (κ2) is 6.82. The Morgan fingerprint density at radius 1 is 1.53 bits per heavy atom. The molecule has 1 aliphatic rings. The van der Waals surface area contributed by atoms with Crippen LogP contribution < -0.4 is 10.2 Å². The van der Waals surface area contributed by atoms with Crippen LogP contribution in [-0.4, -0.2) is 42.8 Å². The van der Waals surface area contributed by atoms with E-state index in [4.69, 9.17) is 4.74 Å². The number of hydrogen-bond donors (Lipinski definition) is 1. The Balaban J connectivity index is 1.98. The van der Waals surface area contributed by atoms with E-state index >= 15 is 0 Å². The summed E-state index contributed by atoms with van der Waals surface area (Å²) in [6, 6.07) is 0. The standard InChI is InChI=1S/C14H24N4O/c1-4-6-15-8-12-9-16-14(17-11(12)2)18-7-5-13(10-18)19-3/h9,13,15H,4-8,10H2,1-3H3. The first-order chi connectivity index (χ1) is 9.24. The Kier molecular flexibility index (Phi) is 5.10. The van der Waals surface area contributed by atoms with Crippen LogP contribution in [0.5, 0.6) is 0 Å². The summed E-state index contributed by atoms with van der Waals surface area (Å²) >= 11 is 0. The van der Waals surface area contributed by atoms with Crippen molar-refractivity contribution in [1.29, 1.82) is 0 Å². The fourth-order valence-electron chi connectivity index (χ4n) is 2.31. The molecule has 19 heavy (non-hydrogen) atoms. The fraction of sp³-hybridized carbons (Fsp3) is 0.714. The molecule has 1 aromatic heterocycles. The Morgan fingerprint density at radius 2 is 2.37 bits per heavy atom. The number of ether oxygens (including phenoxy) is 1. The van der Waals surface area contributed by atoms with Crippen LogP contribution in [0.1, 0.15) is 31.0 Å². The fourth-order valence-corrected chi connectivity index (χ4v) is 2.31. The van der Waals surface area contributed by atoms with E-state index in [-0.39, 0.29) is 0 Å². The maximum Gasteiger partial charge on any atom is 0.225 e. The molecule has 1 aliphatic heterocycles. The third-order valence-corrected chi connectivity index (χ3v) is 3.57. The summed E-state index contributed by atoms with van der Waals surface area (Å²) in [7, 11) is 1.77. The summed E-state index contributed by atoms with van der Waals surface area (Å²) in [5, 5.41) is 3.38. The highest BCUT2D eigenvalue weighted by atomic mass is 16.5. The molecule has 106 valence electrons. The molecule has 2 rings (SSSR count). The molecule has 1 aromatic rings. The number of nitrogens with zero attached hydrogens (tertiary/aromatic N) is 3. The number of anilines is 1. The van der Waals surface area contributed by atoms with E-state index in [2.05, 4.69) is 34.0 Å². The molecule has 1 unspecified atom stereocenters. The quantitative estimate of drug-likeness (QED) is 0.789. The first-order valence-electron chi connectivity index (χ1n) is 7.05. The Morgan fingerprint density at radius 3 is 3.00 bits per heavy atom. The van der Waals surface area contributed by atoms with Crippen LogP contribution in [0.2, 0.25) is 0 Å². The van der Waals surface area contributed by atoms with Gasteiger partial charge >= 0.3 is 0 Å². The average molecular weight is 264 g/mol. The van der Waals surface area contributed by atoms with Crippen LogP contribution in [0.4, 0.5) is 5.95 Å². The number of aryl methyl sites for hydroxylation is 1. The molecule has 0 saturated carbocycles. The van der Waals surface area contributed by atoms with Gasteiger partial charge in [-0.2, -0.15) is 0 Å². The Bertz CT molecular complexity index is 410. The van der Waals surface area contributed by atoms with Gasteiger partial charge in [0.1, 0.15) is 0 Å².